The zero-order valence-corrected chi connectivity index (χ0v) is 22.3. The minimum Gasteiger partial charge on any atom is -0.410 e. The number of halogens is 3. The highest BCUT2D eigenvalue weighted by Crippen LogP contribution is 2.42. The first-order chi connectivity index (χ1) is 17.7. The molecule has 2 atom stereocenters. The van der Waals surface area contributed by atoms with Gasteiger partial charge in [0.15, 0.2) is 5.78 Å². The molecule has 0 saturated carbocycles. The first-order valence-corrected chi connectivity index (χ1v) is 13.1. The number of ether oxygens (including phenoxy) is 1. The summed E-state index contributed by atoms with van der Waals surface area (Å²) in [5, 5.41) is 4.05. The van der Waals surface area contributed by atoms with Crippen LogP contribution in [-0.4, -0.2) is 66.3 Å². The van der Waals surface area contributed by atoms with Crippen molar-refractivity contribution in [1.82, 2.24) is 15.1 Å². The molecule has 7 nitrogen and oxygen atoms in total. The van der Waals surface area contributed by atoms with Crippen LogP contribution in [0, 0.1) is 11.7 Å². The number of hydrogen-bond donors (Lipinski definition) is 1. The fourth-order valence-electron chi connectivity index (χ4n) is 5.40. The van der Waals surface area contributed by atoms with Crippen LogP contribution in [0.2, 0.25) is 10.0 Å². The van der Waals surface area contributed by atoms with E-state index in [2.05, 4.69) is 5.32 Å². The number of likely N-dealkylation sites (N-methyl/N-ethyl adjacent to an activating group) is 1. The van der Waals surface area contributed by atoms with Crippen molar-refractivity contribution in [3.8, 4) is 5.75 Å². The van der Waals surface area contributed by atoms with Crippen molar-refractivity contribution in [2.45, 2.75) is 37.6 Å². The van der Waals surface area contributed by atoms with Crippen LogP contribution in [0.1, 0.15) is 37.7 Å². The Labute approximate surface area is 225 Å². The zero-order chi connectivity index (χ0) is 26.7. The Kier molecular flexibility index (Phi) is 8.41. The number of nitrogens with one attached hydrogen (secondary N) is 1. The van der Waals surface area contributed by atoms with Gasteiger partial charge in [-0.05, 0) is 54.8 Å². The van der Waals surface area contributed by atoms with Gasteiger partial charge in [-0.3, -0.25) is 14.5 Å². The molecule has 2 amide bonds. The van der Waals surface area contributed by atoms with E-state index in [-0.39, 0.29) is 29.9 Å². The van der Waals surface area contributed by atoms with Gasteiger partial charge in [0.25, 0.3) is 0 Å². The van der Waals surface area contributed by atoms with E-state index in [0.717, 1.165) is 5.56 Å². The summed E-state index contributed by atoms with van der Waals surface area (Å²) in [5.41, 5.74) is -0.497. The van der Waals surface area contributed by atoms with E-state index in [1.165, 1.54) is 29.2 Å². The van der Waals surface area contributed by atoms with Crippen molar-refractivity contribution in [2.75, 3.05) is 33.2 Å². The maximum atomic E-state index is 14.3. The number of hydrogen-bond acceptors (Lipinski definition) is 5. The topological polar surface area (TPSA) is 79.0 Å². The minimum atomic E-state index is -1.27. The molecule has 0 unspecified atom stereocenters. The van der Waals surface area contributed by atoms with Crippen LogP contribution in [0.25, 0.3) is 0 Å². The second-order valence-electron chi connectivity index (χ2n) is 9.54. The van der Waals surface area contributed by atoms with Crippen LogP contribution >= 0.6 is 23.2 Å². The number of carbonyl (C=O) groups is 3. The highest BCUT2D eigenvalue weighted by molar-refractivity contribution is 6.42. The van der Waals surface area contributed by atoms with Crippen molar-refractivity contribution >= 4 is 41.0 Å². The number of ketones is 1. The lowest BCUT2D eigenvalue weighted by molar-refractivity contribution is -0.139. The molecule has 2 aromatic carbocycles. The van der Waals surface area contributed by atoms with E-state index >= 15 is 0 Å². The van der Waals surface area contributed by atoms with Gasteiger partial charge >= 0.3 is 6.09 Å². The summed E-state index contributed by atoms with van der Waals surface area (Å²) in [6.07, 6.45) is 0.721. The van der Waals surface area contributed by atoms with Crippen molar-refractivity contribution in [2.24, 2.45) is 5.92 Å². The Balaban J connectivity index is 1.67. The third-order valence-electron chi connectivity index (χ3n) is 7.50. The zero-order valence-electron chi connectivity index (χ0n) is 20.8. The second-order valence-corrected chi connectivity index (χ2v) is 10.3. The van der Waals surface area contributed by atoms with Gasteiger partial charge in [0.1, 0.15) is 17.1 Å². The van der Waals surface area contributed by atoms with Gasteiger partial charge in [0, 0.05) is 51.5 Å². The molecule has 2 fully saturated rings. The highest BCUT2D eigenvalue weighted by Gasteiger charge is 2.56. The van der Waals surface area contributed by atoms with Gasteiger partial charge < -0.3 is 15.0 Å². The van der Waals surface area contributed by atoms with Gasteiger partial charge in [0.05, 0.1) is 10.0 Å². The van der Waals surface area contributed by atoms with Crippen LogP contribution in [0.5, 0.6) is 5.75 Å². The smallest absolute Gasteiger partial charge is 0.410 e. The van der Waals surface area contributed by atoms with Gasteiger partial charge in [-0.2, -0.15) is 0 Å². The second kappa shape index (κ2) is 11.4. The van der Waals surface area contributed by atoms with Crippen LogP contribution in [0.3, 0.4) is 0 Å². The summed E-state index contributed by atoms with van der Waals surface area (Å²) in [4.78, 5) is 43.0. The molecule has 0 bridgehead atoms. The summed E-state index contributed by atoms with van der Waals surface area (Å²) in [7, 11) is 1.55. The lowest BCUT2D eigenvalue weighted by Crippen LogP contribution is -2.62. The first-order valence-electron chi connectivity index (χ1n) is 12.4. The Bertz CT molecular complexity index is 1170. The Morgan fingerprint density at radius 3 is 2.41 bits per heavy atom. The number of rotatable bonds is 6. The van der Waals surface area contributed by atoms with E-state index in [9.17, 15) is 18.8 Å². The number of amides is 2. The molecular weight excluding hydrogens is 520 g/mol. The fourth-order valence-corrected chi connectivity index (χ4v) is 5.71. The van der Waals surface area contributed by atoms with Crippen LogP contribution in [0.15, 0.2) is 42.5 Å². The third kappa shape index (κ3) is 5.47. The number of benzene rings is 2. The molecular formula is C27H30Cl2FN3O4. The Morgan fingerprint density at radius 2 is 1.78 bits per heavy atom. The predicted molar refractivity (Wildman–Crippen MR) is 140 cm³/mol. The Hall–Kier alpha value is -2.68. The monoisotopic (exact) mass is 549 g/mol. The maximum Gasteiger partial charge on any atom is 0.415 e. The van der Waals surface area contributed by atoms with E-state index in [0.29, 0.717) is 48.9 Å². The predicted octanol–water partition coefficient (Wildman–Crippen LogP) is 4.91. The number of Topliss-reactive ketones (excluding diaryl/α,β-unsaturated/α-hetero) is 1. The summed E-state index contributed by atoms with van der Waals surface area (Å²) in [5.74, 6) is -1.06. The average Bonchev–Trinajstić information content (AvgIpc) is 3.36. The van der Waals surface area contributed by atoms with Gasteiger partial charge in [0.2, 0.25) is 5.91 Å². The van der Waals surface area contributed by atoms with E-state index in [4.69, 9.17) is 27.9 Å². The molecule has 1 N–H and O–H groups in total. The molecule has 2 aromatic rings. The summed E-state index contributed by atoms with van der Waals surface area (Å²) < 4.78 is 18.9. The lowest BCUT2D eigenvalue weighted by atomic mass is 9.72. The minimum absolute atomic E-state index is 0.0665. The number of likely N-dealkylation sites (tertiary alicyclic amines) is 1. The summed E-state index contributed by atoms with van der Waals surface area (Å²) in [6, 6.07) is 10.3. The van der Waals surface area contributed by atoms with E-state index in [1.807, 2.05) is 13.0 Å². The fraction of sp³-hybridized carbons (Fsp3) is 0.444. The molecule has 37 heavy (non-hydrogen) atoms. The summed E-state index contributed by atoms with van der Waals surface area (Å²) in [6.45, 7) is 3.47. The van der Waals surface area contributed by atoms with Crippen molar-refractivity contribution in [3.05, 3.63) is 63.9 Å². The van der Waals surface area contributed by atoms with Crippen molar-refractivity contribution in [1.29, 1.82) is 0 Å². The van der Waals surface area contributed by atoms with E-state index in [1.54, 1.807) is 24.1 Å². The third-order valence-corrected chi connectivity index (χ3v) is 8.24. The van der Waals surface area contributed by atoms with Crippen LogP contribution in [-0.2, 0) is 9.59 Å². The van der Waals surface area contributed by atoms with Crippen LogP contribution < -0.4 is 10.1 Å². The molecule has 0 spiro atoms. The Morgan fingerprint density at radius 1 is 1.11 bits per heavy atom. The van der Waals surface area contributed by atoms with Crippen molar-refractivity contribution in [3.63, 3.8) is 0 Å². The molecule has 10 heteroatoms. The maximum absolute atomic E-state index is 14.3. The SMILES string of the molecule is CCC(=O)N1CCC(C(=O)[C@]2(N(C)C(=O)Oc3ccc(F)cc3)CNC[C@@H]2c2ccc(Cl)c(Cl)c2)CC1. The average molecular weight is 550 g/mol. The quantitative estimate of drug-likeness (QED) is 0.554. The van der Waals surface area contributed by atoms with Gasteiger partial charge in [-0.1, -0.05) is 36.2 Å². The number of nitrogens with zero attached hydrogens (tertiary/aromatic N) is 2. The first kappa shape index (κ1) is 27.4. The number of piperidine rings is 1. The normalized spacial score (nSPS) is 22.1. The number of carbonyl (C=O) groups excluding carboxylic acids is 3. The molecule has 0 aromatic heterocycles. The standard InChI is InChI=1S/C27H30Cl2FN3O4/c1-3-24(34)33-12-10-17(11-13-33)25(35)27(32(2)26(36)37-20-7-5-19(30)6-8-20)16-31-15-21(27)18-4-9-22(28)23(29)14-18/h4-9,14,17,21,31H,3,10-13,15-16H2,1-2H3/t21-,27+/m1/s1. The highest BCUT2D eigenvalue weighted by atomic mass is 35.5. The molecule has 2 aliphatic heterocycles. The molecule has 198 valence electrons. The van der Waals surface area contributed by atoms with Gasteiger partial charge in [-0.15, -0.1) is 0 Å². The largest absolute Gasteiger partial charge is 0.415 e. The van der Waals surface area contributed by atoms with Crippen LogP contribution in [0.4, 0.5) is 9.18 Å². The molecule has 2 aliphatic rings. The molecule has 0 radical (unpaired) electrons. The molecule has 4 rings (SSSR count). The summed E-state index contributed by atoms with van der Waals surface area (Å²) >= 11 is 12.5. The van der Waals surface area contributed by atoms with Crippen molar-refractivity contribution < 1.29 is 23.5 Å². The van der Waals surface area contributed by atoms with Gasteiger partial charge in [-0.25, -0.2) is 9.18 Å². The molecule has 0 aliphatic carbocycles. The van der Waals surface area contributed by atoms with E-state index < -0.39 is 23.4 Å². The lowest BCUT2D eigenvalue weighted by Gasteiger charge is -2.44. The molecule has 2 heterocycles. The molecule has 2 saturated heterocycles.